The van der Waals surface area contributed by atoms with E-state index in [0.717, 1.165) is 0 Å². The molecule has 0 aliphatic heterocycles. The molecule has 0 unspecified atom stereocenters. The largest absolute Gasteiger partial charge is 0.494 e. The number of esters is 2. The molecule has 0 spiro atoms. The van der Waals surface area contributed by atoms with Crippen LogP contribution in [0.5, 0.6) is 5.75 Å². The van der Waals surface area contributed by atoms with E-state index >= 15 is 0 Å². The van der Waals surface area contributed by atoms with Crippen molar-refractivity contribution in [2.75, 3.05) is 18.4 Å². The topological polar surface area (TPSA) is 108 Å². The fourth-order valence-corrected chi connectivity index (χ4v) is 3.30. The first kappa shape index (κ1) is 21.2. The number of carbonyl (C=O) groups is 2. The van der Waals surface area contributed by atoms with Gasteiger partial charge in [0, 0.05) is 5.69 Å². The lowest BCUT2D eigenvalue weighted by molar-refractivity contribution is -0.149. The van der Waals surface area contributed by atoms with Crippen LogP contribution in [-0.2, 0) is 24.3 Å². The summed E-state index contributed by atoms with van der Waals surface area (Å²) in [5, 5.41) is 0. The quantitative estimate of drug-likeness (QED) is 0.670. The van der Waals surface area contributed by atoms with Gasteiger partial charge in [-0.3, -0.25) is 4.72 Å². The smallest absolute Gasteiger partial charge is 0.346 e. The van der Waals surface area contributed by atoms with Gasteiger partial charge in [0.2, 0.25) is 0 Å². The predicted octanol–water partition coefficient (Wildman–Crippen LogP) is 2.60. The molecule has 0 bridgehead atoms. The molecule has 0 aliphatic carbocycles. The minimum atomic E-state index is -3.86. The van der Waals surface area contributed by atoms with Gasteiger partial charge in [-0.05, 0) is 56.3 Å². The molecule has 9 heteroatoms. The molecule has 28 heavy (non-hydrogen) atoms. The van der Waals surface area contributed by atoms with Crippen LogP contribution in [0.4, 0.5) is 5.69 Å². The molecule has 1 atom stereocenters. The van der Waals surface area contributed by atoms with Gasteiger partial charge in [-0.25, -0.2) is 18.0 Å². The van der Waals surface area contributed by atoms with E-state index in [1.807, 2.05) is 6.92 Å². The number of benzene rings is 2. The predicted molar refractivity (Wildman–Crippen MR) is 102 cm³/mol. The number of anilines is 1. The van der Waals surface area contributed by atoms with E-state index in [9.17, 15) is 18.0 Å². The van der Waals surface area contributed by atoms with Crippen LogP contribution >= 0.6 is 0 Å². The van der Waals surface area contributed by atoms with E-state index in [4.69, 9.17) is 9.47 Å². The molecular weight excluding hydrogens is 386 g/mol. The molecule has 0 amide bonds. The number of sulfonamides is 1. The maximum Gasteiger partial charge on any atom is 0.346 e. The van der Waals surface area contributed by atoms with Gasteiger partial charge in [-0.2, -0.15) is 0 Å². The third-order valence-electron chi connectivity index (χ3n) is 3.61. The Bertz CT molecular complexity index is 939. The lowest BCUT2D eigenvalue weighted by Crippen LogP contribution is -2.25. The third kappa shape index (κ3) is 5.46. The third-order valence-corrected chi connectivity index (χ3v) is 5.01. The zero-order chi connectivity index (χ0) is 20.7. The van der Waals surface area contributed by atoms with Gasteiger partial charge in [0.05, 0.1) is 24.2 Å². The molecule has 8 nitrogen and oxygen atoms in total. The molecule has 2 aromatic rings. The molecule has 0 saturated heterocycles. The fourth-order valence-electron chi connectivity index (χ4n) is 2.25. The maximum absolute atomic E-state index is 12.5. The summed E-state index contributed by atoms with van der Waals surface area (Å²) in [7, 11) is -2.68. The van der Waals surface area contributed by atoms with Crippen LogP contribution < -0.4 is 9.46 Å². The molecule has 2 aromatic carbocycles. The molecule has 1 N–H and O–H groups in total. The van der Waals surface area contributed by atoms with Gasteiger partial charge in [0.15, 0.2) is 6.10 Å². The molecule has 0 radical (unpaired) electrons. The number of ether oxygens (including phenoxy) is 3. The average Bonchev–Trinajstić information content (AvgIpc) is 2.67. The lowest BCUT2D eigenvalue weighted by Gasteiger charge is -2.12. The fraction of sp³-hybridized carbons (Fsp3) is 0.263. The van der Waals surface area contributed by atoms with Crippen molar-refractivity contribution >= 4 is 27.6 Å². The summed E-state index contributed by atoms with van der Waals surface area (Å²) in [6.45, 7) is 3.68. The van der Waals surface area contributed by atoms with Crippen molar-refractivity contribution in [3.8, 4) is 5.75 Å². The summed E-state index contributed by atoms with van der Waals surface area (Å²) < 4.78 is 42.2. The van der Waals surface area contributed by atoms with Crippen molar-refractivity contribution in [2.45, 2.75) is 24.8 Å². The highest BCUT2D eigenvalue weighted by molar-refractivity contribution is 7.92. The second-order valence-corrected chi connectivity index (χ2v) is 7.34. The van der Waals surface area contributed by atoms with Gasteiger partial charge in [-0.15, -0.1) is 0 Å². The van der Waals surface area contributed by atoms with Crippen molar-refractivity contribution in [3.05, 3.63) is 54.1 Å². The van der Waals surface area contributed by atoms with Crippen molar-refractivity contribution in [1.29, 1.82) is 0 Å². The van der Waals surface area contributed by atoms with Crippen LogP contribution in [0.1, 0.15) is 24.2 Å². The number of rotatable bonds is 8. The van der Waals surface area contributed by atoms with Gasteiger partial charge >= 0.3 is 11.9 Å². The zero-order valence-electron chi connectivity index (χ0n) is 15.7. The maximum atomic E-state index is 12.5. The number of carbonyl (C=O) groups excluding carboxylic acids is 2. The van der Waals surface area contributed by atoms with E-state index in [0.29, 0.717) is 12.4 Å². The minimum absolute atomic E-state index is 0.0447. The Morgan fingerprint density at radius 2 is 1.79 bits per heavy atom. The zero-order valence-corrected chi connectivity index (χ0v) is 16.5. The highest BCUT2D eigenvalue weighted by Crippen LogP contribution is 2.20. The van der Waals surface area contributed by atoms with E-state index in [1.165, 1.54) is 50.4 Å². The van der Waals surface area contributed by atoms with Crippen LogP contribution in [0.2, 0.25) is 0 Å². The summed E-state index contributed by atoms with van der Waals surface area (Å²) >= 11 is 0. The average molecular weight is 407 g/mol. The van der Waals surface area contributed by atoms with Gasteiger partial charge in [0.1, 0.15) is 5.75 Å². The second kappa shape index (κ2) is 9.23. The highest BCUT2D eigenvalue weighted by Gasteiger charge is 2.20. The standard InChI is InChI=1S/C19H21NO7S/c1-4-26-16-8-10-17(11-9-16)28(23,24)20-15-7-5-6-14(12-15)19(22)27-13(2)18(21)25-3/h5-13,20H,4H2,1-3H3/t13-/m0/s1. The molecule has 0 heterocycles. The Balaban J connectivity index is 2.14. The summed E-state index contributed by atoms with van der Waals surface area (Å²) in [6.07, 6.45) is -1.08. The van der Waals surface area contributed by atoms with Crippen molar-refractivity contribution in [2.24, 2.45) is 0 Å². The van der Waals surface area contributed by atoms with E-state index < -0.39 is 28.1 Å². The molecule has 0 aromatic heterocycles. The molecule has 0 aliphatic rings. The Morgan fingerprint density at radius 1 is 1.11 bits per heavy atom. The minimum Gasteiger partial charge on any atom is -0.494 e. The van der Waals surface area contributed by atoms with Crippen molar-refractivity contribution < 1.29 is 32.2 Å². The lowest BCUT2D eigenvalue weighted by atomic mass is 10.2. The first-order valence-electron chi connectivity index (χ1n) is 8.41. The Kier molecular flexibility index (Phi) is 7.00. The van der Waals surface area contributed by atoms with Crippen LogP contribution in [0.15, 0.2) is 53.4 Å². The second-order valence-electron chi connectivity index (χ2n) is 5.66. The van der Waals surface area contributed by atoms with Crippen molar-refractivity contribution in [1.82, 2.24) is 0 Å². The molecular formula is C19H21NO7S. The highest BCUT2D eigenvalue weighted by atomic mass is 32.2. The Hall–Kier alpha value is -3.07. The van der Waals surface area contributed by atoms with E-state index in [1.54, 1.807) is 12.1 Å². The Labute approximate surface area is 163 Å². The monoisotopic (exact) mass is 407 g/mol. The first-order valence-corrected chi connectivity index (χ1v) is 9.89. The van der Waals surface area contributed by atoms with Gasteiger partial charge in [-0.1, -0.05) is 6.07 Å². The van der Waals surface area contributed by atoms with Gasteiger partial charge < -0.3 is 14.2 Å². The number of hydrogen-bond donors (Lipinski definition) is 1. The van der Waals surface area contributed by atoms with Crippen LogP contribution in [0, 0.1) is 0 Å². The number of hydrogen-bond acceptors (Lipinski definition) is 7. The normalized spacial score (nSPS) is 12.0. The van der Waals surface area contributed by atoms with Crippen LogP contribution in [-0.4, -0.2) is 40.2 Å². The molecule has 2 rings (SSSR count). The summed E-state index contributed by atoms with van der Waals surface area (Å²) in [5.41, 5.74) is 0.261. The van der Waals surface area contributed by atoms with E-state index in [2.05, 4.69) is 9.46 Å². The molecule has 0 fully saturated rings. The SMILES string of the molecule is CCOc1ccc(S(=O)(=O)Nc2cccc(C(=O)O[C@@H](C)C(=O)OC)c2)cc1. The number of nitrogens with one attached hydrogen (secondary N) is 1. The summed E-state index contributed by atoms with van der Waals surface area (Å²) in [6, 6.07) is 11.7. The van der Waals surface area contributed by atoms with Crippen LogP contribution in [0.25, 0.3) is 0 Å². The number of methoxy groups -OCH3 is 1. The molecule has 0 saturated carbocycles. The van der Waals surface area contributed by atoms with Crippen molar-refractivity contribution in [3.63, 3.8) is 0 Å². The summed E-state index contributed by atoms with van der Waals surface area (Å²) in [5.74, 6) is -0.911. The molecule has 150 valence electrons. The Morgan fingerprint density at radius 3 is 2.39 bits per heavy atom. The van der Waals surface area contributed by atoms with Crippen LogP contribution in [0.3, 0.4) is 0 Å². The van der Waals surface area contributed by atoms with Gasteiger partial charge in [0.25, 0.3) is 10.0 Å². The summed E-state index contributed by atoms with van der Waals surface area (Å²) in [4.78, 5) is 23.5. The first-order chi connectivity index (χ1) is 13.3. The van der Waals surface area contributed by atoms with E-state index in [-0.39, 0.29) is 16.1 Å².